The minimum atomic E-state index is 0. The summed E-state index contributed by atoms with van der Waals surface area (Å²) in [5.74, 6) is 0. The molecular formula is HBINPV. The normalized spacial score (nSPS) is 5.80. The van der Waals surface area contributed by atoms with Gasteiger partial charge in [0.2, 0.25) is 0 Å². The van der Waals surface area contributed by atoms with Crippen LogP contribution in [0.5, 0.6) is 0 Å². The molecule has 0 saturated carbocycles. The van der Waals surface area contributed by atoms with Gasteiger partial charge in [0.1, 0.15) is 0 Å². The standard InChI is InChI=1S/BHINP.V/c2-1-4-3;/h3H;. The van der Waals surface area contributed by atoms with E-state index in [1.807, 2.05) is 22.4 Å². The molecule has 0 fully saturated rings. The van der Waals surface area contributed by atoms with Crippen molar-refractivity contribution < 1.29 is 18.6 Å². The van der Waals surface area contributed by atoms with Gasteiger partial charge in [0.25, 0.3) is 4.86 Å². The maximum Gasteiger partial charge on any atom is 0.293 e. The Hall–Kier alpha value is 1.48. The first-order valence-electron chi connectivity index (χ1n) is 0.700. The molecular weight excluding hydrogens is 234 g/mol. The third kappa shape index (κ3) is 10.8. The molecule has 0 bridgehead atoms. The second-order valence-corrected chi connectivity index (χ2v) is 2.35. The molecule has 0 aliphatic heterocycles. The third-order valence-corrected chi connectivity index (χ3v) is 0.982. The van der Waals surface area contributed by atoms with Crippen LogP contribution in [0.2, 0.25) is 0 Å². The number of rotatable bonds is 1. The molecule has 2 radical (unpaired) electrons. The summed E-state index contributed by atoms with van der Waals surface area (Å²) in [4.78, 5) is 1.73. The molecule has 0 amide bonds. The zero-order valence-corrected chi connectivity index (χ0v) is 6.80. The number of halogens is 1. The fourth-order valence-corrected chi connectivity index (χ4v) is 0. The molecule has 5 heteroatoms. The van der Waals surface area contributed by atoms with Crippen molar-refractivity contribution in [1.29, 1.82) is 5.16 Å². The van der Waals surface area contributed by atoms with Gasteiger partial charge in [-0.25, -0.2) is 0 Å². The van der Waals surface area contributed by atoms with Crippen molar-refractivity contribution in [2.75, 3.05) is 0 Å². The average molecular weight is 235 g/mol. The number of hydrogen-bond donors (Lipinski definition) is 1. The summed E-state index contributed by atoms with van der Waals surface area (Å²) in [6.45, 7) is 0. The molecule has 0 aliphatic rings. The molecule has 5 heavy (non-hydrogen) atoms. The predicted octanol–water partition coefficient (Wildman–Crippen LogP) is 1.66. The molecule has 0 spiro atoms. The molecule has 1 N–H and O–H groups in total. The number of nitrogens with one attached hydrogen (secondary N) is 1. The fourth-order valence-electron chi connectivity index (χ4n) is 0. The summed E-state index contributed by atoms with van der Waals surface area (Å²) >= 11 is 2.03. The Kier molecular flexibility index (Phi) is 17.6. The monoisotopic (exact) mass is 235 g/mol. The van der Waals surface area contributed by atoms with E-state index in [1.165, 1.54) is 0 Å². The van der Waals surface area contributed by atoms with Crippen molar-refractivity contribution in [1.82, 2.24) is 0 Å². The molecule has 1 nitrogen and oxygen atoms in total. The van der Waals surface area contributed by atoms with E-state index in [9.17, 15) is 0 Å². The maximum atomic E-state index is 6.36. The summed E-state index contributed by atoms with van der Waals surface area (Å²) < 4.78 is 0. The first-order valence-corrected chi connectivity index (χ1v) is 2.91. The largest absolute Gasteiger partial charge is 0.295 e. The molecule has 0 aromatic carbocycles. The van der Waals surface area contributed by atoms with E-state index in [0.717, 1.165) is 0 Å². The zero-order valence-electron chi connectivity index (χ0n) is 2.35. The first-order chi connectivity index (χ1) is 1.91. The van der Waals surface area contributed by atoms with Crippen LogP contribution >= 0.6 is 30.6 Å². The van der Waals surface area contributed by atoms with Crippen LogP contribution in [0.1, 0.15) is 0 Å². The van der Waals surface area contributed by atoms with Gasteiger partial charge in [0.15, 0.2) is 0 Å². The van der Waals surface area contributed by atoms with Crippen LogP contribution in [-0.2, 0) is 18.6 Å². The summed E-state index contributed by atoms with van der Waals surface area (Å²) in [7, 11) is 0.610. The van der Waals surface area contributed by atoms with Crippen molar-refractivity contribution in [3.8, 4) is 0 Å². The average Bonchev–Trinajstić information content (AvgIpc) is 1.37. The molecule has 0 heterocycles. The van der Waals surface area contributed by atoms with Crippen molar-refractivity contribution in [2.45, 2.75) is 0 Å². The van der Waals surface area contributed by atoms with Gasteiger partial charge in [-0.15, -0.1) is 22.4 Å². The number of hydrogen-bond acceptors (Lipinski definition) is 1. The summed E-state index contributed by atoms with van der Waals surface area (Å²) in [5.41, 5.74) is 0. The molecule has 0 aromatic heterocycles. The smallest absolute Gasteiger partial charge is 0.293 e. The Morgan fingerprint density at radius 2 is 2.00 bits per heavy atom. The van der Waals surface area contributed by atoms with Gasteiger partial charge in [-0.2, -0.15) is 0 Å². The molecule has 0 aromatic rings. The van der Waals surface area contributed by atoms with Crippen LogP contribution in [0.15, 0.2) is 0 Å². The molecule has 0 aliphatic carbocycles. The Bertz CT molecular complexity index is 25.6. The minimum Gasteiger partial charge on any atom is -0.295 e. The molecule has 0 saturated heterocycles. The fraction of sp³-hybridized carbons (Fsp3) is 0. The topological polar surface area (TPSA) is 23.9 Å². The quantitative estimate of drug-likeness (QED) is 0.405. The molecule has 26 valence electrons. The van der Waals surface area contributed by atoms with E-state index in [4.69, 9.17) is 5.16 Å². The maximum absolute atomic E-state index is 6.36. The Balaban J connectivity index is 0. The second-order valence-electron chi connectivity index (χ2n) is 0.227. The first kappa shape index (κ1) is 9.70. The van der Waals surface area contributed by atoms with E-state index in [0.29, 0.717) is 8.25 Å². The van der Waals surface area contributed by atoms with Crippen molar-refractivity contribution in [3.05, 3.63) is 0 Å². The molecule has 0 unspecified atom stereocenters. The van der Waals surface area contributed by atoms with Gasteiger partial charge in [-0.05, 0) is 8.25 Å². The van der Waals surface area contributed by atoms with E-state index in [2.05, 4.69) is 0 Å². The van der Waals surface area contributed by atoms with Gasteiger partial charge in [0, 0.05) is 18.6 Å². The van der Waals surface area contributed by atoms with Gasteiger partial charge in [0.05, 0.1) is 0 Å². The van der Waals surface area contributed by atoms with Crippen molar-refractivity contribution in [2.24, 2.45) is 0 Å². The van der Waals surface area contributed by atoms with Crippen LogP contribution in [0.3, 0.4) is 0 Å². The van der Waals surface area contributed by atoms with Gasteiger partial charge in [-0.1, -0.05) is 0 Å². The zero-order chi connectivity index (χ0) is 3.41. The van der Waals surface area contributed by atoms with E-state index in [-0.39, 0.29) is 18.6 Å². The minimum absolute atomic E-state index is 0. The second kappa shape index (κ2) is 9.08. The third-order valence-electron chi connectivity index (χ3n) is 0.0488. The van der Waals surface area contributed by atoms with Crippen molar-refractivity contribution >= 4 is 35.5 Å². The summed E-state index contributed by atoms with van der Waals surface area (Å²) in [6, 6.07) is 0. The Morgan fingerprint density at radius 3 is 2.00 bits per heavy atom. The van der Waals surface area contributed by atoms with Crippen LogP contribution < -0.4 is 0 Å². The van der Waals surface area contributed by atoms with Crippen LogP contribution in [0.4, 0.5) is 0 Å². The van der Waals surface area contributed by atoms with Gasteiger partial charge < -0.3 is 0 Å². The predicted molar refractivity (Wildman–Crippen MR) is 29.4 cm³/mol. The van der Waals surface area contributed by atoms with Crippen LogP contribution in [0.25, 0.3) is 0 Å². The van der Waals surface area contributed by atoms with Crippen LogP contribution in [0, 0.1) is 5.16 Å². The van der Waals surface area contributed by atoms with Gasteiger partial charge >= 0.3 is 0 Å². The summed E-state index contributed by atoms with van der Waals surface area (Å²) in [5, 5.41) is 6.36. The van der Waals surface area contributed by atoms with Crippen molar-refractivity contribution in [3.63, 3.8) is 0 Å². The van der Waals surface area contributed by atoms with E-state index >= 15 is 0 Å². The van der Waals surface area contributed by atoms with Gasteiger partial charge in [-0.3, -0.25) is 5.16 Å². The molecule has 0 atom stereocenters. The SMILES string of the molecule is N=P[B]I.[V]. The van der Waals surface area contributed by atoms with E-state index in [1.54, 1.807) is 4.86 Å². The molecule has 0 rings (SSSR count). The summed E-state index contributed by atoms with van der Waals surface area (Å²) in [6.07, 6.45) is 0. The van der Waals surface area contributed by atoms with Crippen LogP contribution in [-0.4, -0.2) is 4.86 Å². The van der Waals surface area contributed by atoms with E-state index < -0.39 is 0 Å². The Labute approximate surface area is 58.9 Å². The Morgan fingerprint density at radius 1 is 1.80 bits per heavy atom.